The van der Waals surface area contributed by atoms with Gasteiger partial charge in [-0.1, -0.05) is 6.42 Å². The summed E-state index contributed by atoms with van der Waals surface area (Å²) in [7, 11) is 2.22. The average Bonchev–Trinajstić information content (AvgIpc) is 2.58. The van der Waals surface area contributed by atoms with Crippen molar-refractivity contribution in [1.82, 2.24) is 15.1 Å². The minimum absolute atomic E-state index is 0.669. The van der Waals surface area contributed by atoms with E-state index in [2.05, 4.69) is 34.4 Å². The Bertz CT molecular complexity index is 325. The zero-order valence-electron chi connectivity index (χ0n) is 10.5. The number of nitrogens with one attached hydrogen (secondary N) is 2. The first-order chi connectivity index (χ1) is 7.68. The molecule has 2 rings (SSSR count). The fourth-order valence-corrected chi connectivity index (χ4v) is 2.43. The SMILES string of the molecule is Cc1n[nH]c(C)c1NCC1CCCCN1C. The van der Waals surface area contributed by atoms with Crippen molar-refractivity contribution in [2.45, 2.75) is 39.2 Å². The number of piperidine rings is 1. The molecule has 1 aromatic rings. The summed E-state index contributed by atoms with van der Waals surface area (Å²) in [5, 5.41) is 10.7. The number of anilines is 1. The third kappa shape index (κ3) is 2.38. The van der Waals surface area contributed by atoms with E-state index in [0.717, 1.165) is 17.9 Å². The van der Waals surface area contributed by atoms with Gasteiger partial charge in [0.1, 0.15) is 0 Å². The normalized spacial score (nSPS) is 22.3. The molecule has 0 aliphatic carbocycles. The Hall–Kier alpha value is -1.03. The van der Waals surface area contributed by atoms with Gasteiger partial charge in [0.25, 0.3) is 0 Å². The Morgan fingerprint density at radius 2 is 2.25 bits per heavy atom. The molecule has 1 aromatic heterocycles. The molecular formula is C12H22N4. The second kappa shape index (κ2) is 4.87. The van der Waals surface area contributed by atoms with Crippen LogP contribution in [0.4, 0.5) is 5.69 Å². The number of hydrogen-bond acceptors (Lipinski definition) is 3. The minimum Gasteiger partial charge on any atom is -0.381 e. The van der Waals surface area contributed by atoms with Crippen LogP contribution in [0.25, 0.3) is 0 Å². The third-order valence-electron chi connectivity index (χ3n) is 3.56. The zero-order chi connectivity index (χ0) is 11.5. The number of aromatic amines is 1. The van der Waals surface area contributed by atoms with Gasteiger partial charge in [-0.15, -0.1) is 0 Å². The first kappa shape index (κ1) is 11.5. The van der Waals surface area contributed by atoms with Crippen LogP contribution in [0.5, 0.6) is 0 Å². The summed E-state index contributed by atoms with van der Waals surface area (Å²) in [5.74, 6) is 0. The van der Waals surface area contributed by atoms with Crippen LogP contribution in [0.3, 0.4) is 0 Å². The summed E-state index contributed by atoms with van der Waals surface area (Å²) in [6.07, 6.45) is 4.01. The molecule has 1 aliphatic rings. The number of rotatable bonds is 3. The standard InChI is InChI=1S/C12H22N4/c1-9-12(10(2)15-14-9)13-8-11-6-4-5-7-16(11)3/h11,13H,4-8H2,1-3H3,(H,14,15). The summed E-state index contributed by atoms with van der Waals surface area (Å²) in [6, 6.07) is 0.669. The molecule has 4 nitrogen and oxygen atoms in total. The third-order valence-corrected chi connectivity index (χ3v) is 3.56. The summed E-state index contributed by atoms with van der Waals surface area (Å²) in [5.41, 5.74) is 3.38. The molecule has 2 N–H and O–H groups in total. The Balaban J connectivity index is 1.91. The van der Waals surface area contributed by atoms with Crippen molar-refractivity contribution in [1.29, 1.82) is 0 Å². The predicted molar refractivity (Wildman–Crippen MR) is 66.8 cm³/mol. The van der Waals surface area contributed by atoms with Crippen molar-refractivity contribution in [2.75, 3.05) is 25.5 Å². The highest BCUT2D eigenvalue weighted by molar-refractivity contribution is 5.51. The summed E-state index contributed by atoms with van der Waals surface area (Å²) in [6.45, 7) is 6.36. The number of likely N-dealkylation sites (tertiary alicyclic amines) is 1. The minimum atomic E-state index is 0.669. The lowest BCUT2D eigenvalue weighted by Gasteiger charge is -2.32. The lowest BCUT2D eigenvalue weighted by Crippen LogP contribution is -2.40. The van der Waals surface area contributed by atoms with E-state index in [-0.39, 0.29) is 0 Å². The van der Waals surface area contributed by atoms with E-state index in [0.29, 0.717) is 6.04 Å². The molecule has 4 heteroatoms. The fourth-order valence-electron chi connectivity index (χ4n) is 2.43. The first-order valence-corrected chi connectivity index (χ1v) is 6.14. The van der Waals surface area contributed by atoms with E-state index in [1.165, 1.54) is 31.5 Å². The number of H-pyrrole nitrogens is 1. The van der Waals surface area contributed by atoms with Crippen molar-refractivity contribution in [3.05, 3.63) is 11.4 Å². The lowest BCUT2D eigenvalue weighted by atomic mass is 10.0. The van der Waals surface area contributed by atoms with Crippen molar-refractivity contribution in [3.8, 4) is 0 Å². The number of hydrogen-bond donors (Lipinski definition) is 2. The van der Waals surface area contributed by atoms with Crippen LogP contribution >= 0.6 is 0 Å². The molecule has 0 bridgehead atoms. The molecule has 2 heterocycles. The first-order valence-electron chi connectivity index (χ1n) is 6.14. The Morgan fingerprint density at radius 1 is 1.44 bits per heavy atom. The molecule has 1 unspecified atom stereocenters. The molecule has 90 valence electrons. The summed E-state index contributed by atoms with van der Waals surface area (Å²) < 4.78 is 0. The molecular weight excluding hydrogens is 200 g/mol. The molecule has 1 saturated heterocycles. The van der Waals surface area contributed by atoms with Gasteiger partial charge in [-0.2, -0.15) is 5.10 Å². The second-order valence-corrected chi connectivity index (χ2v) is 4.82. The zero-order valence-corrected chi connectivity index (χ0v) is 10.5. The van der Waals surface area contributed by atoms with E-state index in [9.17, 15) is 0 Å². The van der Waals surface area contributed by atoms with Crippen molar-refractivity contribution >= 4 is 5.69 Å². The van der Waals surface area contributed by atoms with E-state index >= 15 is 0 Å². The van der Waals surface area contributed by atoms with E-state index in [1.54, 1.807) is 0 Å². The largest absolute Gasteiger partial charge is 0.381 e. The summed E-state index contributed by atoms with van der Waals surface area (Å²) in [4.78, 5) is 2.46. The Kier molecular flexibility index (Phi) is 3.49. The maximum atomic E-state index is 4.20. The van der Waals surface area contributed by atoms with Crippen molar-refractivity contribution in [3.63, 3.8) is 0 Å². The number of likely N-dealkylation sites (N-methyl/N-ethyl adjacent to an activating group) is 1. The lowest BCUT2D eigenvalue weighted by molar-refractivity contribution is 0.194. The van der Waals surface area contributed by atoms with Gasteiger partial charge in [-0.25, -0.2) is 0 Å². The van der Waals surface area contributed by atoms with Gasteiger partial charge in [0.2, 0.25) is 0 Å². The van der Waals surface area contributed by atoms with Gasteiger partial charge in [0.05, 0.1) is 17.1 Å². The van der Waals surface area contributed by atoms with Gasteiger partial charge < -0.3 is 10.2 Å². The highest BCUT2D eigenvalue weighted by atomic mass is 15.2. The molecule has 1 atom stereocenters. The van der Waals surface area contributed by atoms with Crippen LogP contribution in [0, 0.1) is 13.8 Å². The molecule has 0 aromatic carbocycles. The number of aromatic nitrogens is 2. The van der Waals surface area contributed by atoms with Crippen LogP contribution in [-0.4, -0.2) is 41.3 Å². The van der Waals surface area contributed by atoms with Crippen molar-refractivity contribution in [2.24, 2.45) is 0 Å². The van der Waals surface area contributed by atoms with Gasteiger partial charge in [-0.05, 0) is 40.3 Å². The molecule has 0 spiro atoms. The molecule has 1 fully saturated rings. The molecule has 16 heavy (non-hydrogen) atoms. The van der Waals surface area contributed by atoms with E-state index in [4.69, 9.17) is 0 Å². The summed E-state index contributed by atoms with van der Waals surface area (Å²) >= 11 is 0. The van der Waals surface area contributed by atoms with Crippen LogP contribution in [-0.2, 0) is 0 Å². The highest BCUT2D eigenvalue weighted by Gasteiger charge is 2.19. The Morgan fingerprint density at radius 3 is 2.88 bits per heavy atom. The van der Waals surface area contributed by atoms with Gasteiger partial charge >= 0.3 is 0 Å². The van der Waals surface area contributed by atoms with Crippen molar-refractivity contribution < 1.29 is 0 Å². The topological polar surface area (TPSA) is 44.0 Å². The monoisotopic (exact) mass is 222 g/mol. The quantitative estimate of drug-likeness (QED) is 0.821. The smallest absolute Gasteiger partial charge is 0.0825 e. The molecule has 0 radical (unpaired) electrons. The second-order valence-electron chi connectivity index (χ2n) is 4.82. The van der Waals surface area contributed by atoms with Crippen LogP contribution < -0.4 is 5.32 Å². The van der Waals surface area contributed by atoms with Gasteiger partial charge in [0, 0.05) is 12.6 Å². The predicted octanol–water partition coefficient (Wildman–Crippen LogP) is 1.92. The highest BCUT2D eigenvalue weighted by Crippen LogP contribution is 2.19. The van der Waals surface area contributed by atoms with E-state index in [1.807, 2.05) is 6.92 Å². The fraction of sp³-hybridized carbons (Fsp3) is 0.750. The molecule has 0 amide bonds. The maximum Gasteiger partial charge on any atom is 0.0825 e. The Labute approximate surface area is 97.4 Å². The van der Waals surface area contributed by atoms with Gasteiger partial charge in [-0.3, -0.25) is 5.10 Å². The van der Waals surface area contributed by atoms with E-state index < -0.39 is 0 Å². The van der Waals surface area contributed by atoms with Crippen LogP contribution in [0.1, 0.15) is 30.7 Å². The number of nitrogens with zero attached hydrogens (tertiary/aromatic N) is 2. The van der Waals surface area contributed by atoms with Gasteiger partial charge in [0.15, 0.2) is 0 Å². The maximum absolute atomic E-state index is 4.20. The van der Waals surface area contributed by atoms with Crippen LogP contribution in [0.15, 0.2) is 0 Å². The molecule has 0 saturated carbocycles. The molecule has 1 aliphatic heterocycles. The van der Waals surface area contributed by atoms with Crippen LogP contribution in [0.2, 0.25) is 0 Å². The average molecular weight is 222 g/mol. The number of aryl methyl sites for hydroxylation is 2.